The zero-order valence-corrected chi connectivity index (χ0v) is 24.3. The van der Waals surface area contributed by atoms with Gasteiger partial charge in [-0.05, 0) is 38.0 Å². The zero-order chi connectivity index (χ0) is 32.2. The number of nitro groups is 1. The van der Waals surface area contributed by atoms with Crippen LogP contribution in [0.5, 0.6) is 0 Å². The lowest BCUT2D eigenvalue weighted by atomic mass is 9.70. The SMILES string of the molecule is C[C@H](N)C(=O)N[C@@H](C)C(=O)N1CCC2C(=O)CCC(=O)[C@@]21C(=O)N[C@@H](Cc1ccccc1)C(=O)Nc1ccc([N+](=O)[O-])cc1. The molecular weight excluding hydrogens is 572 g/mol. The number of hydrogen-bond donors (Lipinski definition) is 4. The minimum Gasteiger partial charge on any atom is -0.343 e. The summed E-state index contributed by atoms with van der Waals surface area (Å²) in [6.07, 6.45) is -0.309. The van der Waals surface area contributed by atoms with Crippen molar-refractivity contribution in [2.24, 2.45) is 11.7 Å². The van der Waals surface area contributed by atoms with E-state index < -0.39 is 63.9 Å². The molecule has 14 heteroatoms. The Morgan fingerprint density at radius 3 is 2.27 bits per heavy atom. The van der Waals surface area contributed by atoms with Crippen LogP contribution in [0.15, 0.2) is 54.6 Å². The maximum absolute atomic E-state index is 14.3. The number of nitrogens with zero attached hydrogens (tertiary/aromatic N) is 2. The standard InChI is InChI=1S/C30H34N6O8/c1-17(31)26(39)32-18(2)28(41)35-15-14-22-24(37)12-13-25(38)30(22,35)29(42)34-23(16-19-6-4-3-5-7-19)27(40)33-20-8-10-21(11-9-20)36(43)44/h3-11,17-18,22-23H,12-16,31H2,1-2H3,(H,32,39)(H,33,40)(H,34,42)/t17-,18-,22?,23-,30+/m0/s1. The Kier molecular flexibility index (Phi) is 9.53. The van der Waals surface area contributed by atoms with Gasteiger partial charge in [0.25, 0.3) is 11.6 Å². The van der Waals surface area contributed by atoms with Crippen LogP contribution in [0, 0.1) is 16.0 Å². The molecule has 1 saturated carbocycles. The summed E-state index contributed by atoms with van der Waals surface area (Å²) in [5.41, 5.74) is 4.12. The van der Waals surface area contributed by atoms with Crippen LogP contribution < -0.4 is 21.7 Å². The van der Waals surface area contributed by atoms with Gasteiger partial charge < -0.3 is 26.6 Å². The van der Waals surface area contributed by atoms with E-state index in [1.165, 1.54) is 38.1 Å². The quantitative estimate of drug-likeness (QED) is 0.169. The summed E-state index contributed by atoms with van der Waals surface area (Å²) in [5, 5.41) is 18.8. The van der Waals surface area contributed by atoms with Crippen molar-refractivity contribution in [3.05, 3.63) is 70.3 Å². The molecule has 44 heavy (non-hydrogen) atoms. The van der Waals surface area contributed by atoms with E-state index in [1.807, 2.05) is 0 Å². The van der Waals surface area contributed by atoms with E-state index in [2.05, 4.69) is 16.0 Å². The summed E-state index contributed by atoms with van der Waals surface area (Å²) in [6, 6.07) is 10.5. The van der Waals surface area contributed by atoms with E-state index in [9.17, 15) is 38.9 Å². The van der Waals surface area contributed by atoms with Crippen molar-refractivity contribution in [1.29, 1.82) is 0 Å². The Morgan fingerprint density at radius 2 is 1.66 bits per heavy atom. The van der Waals surface area contributed by atoms with E-state index in [0.29, 0.717) is 5.56 Å². The summed E-state index contributed by atoms with van der Waals surface area (Å²) >= 11 is 0. The van der Waals surface area contributed by atoms with Crippen LogP contribution in [-0.4, -0.2) is 75.2 Å². The lowest BCUT2D eigenvalue weighted by Crippen LogP contribution is -2.70. The Bertz CT molecular complexity index is 1480. The fourth-order valence-electron chi connectivity index (χ4n) is 5.73. The van der Waals surface area contributed by atoms with Crippen molar-refractivity contribution >= 4 is 46.6 Å². The number of non-ortho nitro benzene ring substituents is 1. The fraction of sp³-hybridized carbons (Fsp3) is 0.400. The molecule has 1 heterocycles. The number of anilines is 1. The number of likely N-dealkylation sites (tertiary alicyclic amines) is 1. The van der Waals surface area contributed by atoms with E-state index >= 15 is 0 Å². The zero-order valence-electron chi connectivity index (χ0n) is 24.3. The van der Waals surface area contributed by atoms with E-state index in [0.717, 1.165) is 4.90 Å². The Hall–Kier alpha value is -4.98. The second kappa shape index (κ2) is 13.1. The summed E-state index contributed by atoms with van der Waals surface area (Å²) in [6.45, 7) is 2.74. The molecule has 5 N–H and O–H groups in total. The molecule has 2 aliphatic rings. The average molecular weight is 607 g/mol. The monoisotopic (exact) mass is 606 g/mol. The van der Waals surface area contributed by atoms with Gasteiger partial charge in [0.05, 0.1) is 16.9 Å². The highest BCUT2D eigenvalue weighted by Crippen LogP contribution is 2.42. The molecular formula is C30H34N6O8. The van der Waals surface area contributed by atoms with Crippen LogP contribution in [-0.2, 0) is 35.2 Å². The Balaban J connectivity index is 1.67. The first kappa shape index (κ1) is 31.9. The third kappa shape index (κ3) is 6.34. The fourth-order valence-corrected chi connectivity index (χ4v) is 5.73. The number of rotatable bonds is 10. The number of carbonyl (C=O) groups excluding carboxylic acids is 6. The third-order valence-corrected chi connectivity index (χ3v) is 7.99. The highest BCUT2D eigenvalue weighted by atomic mass is 16.6. The number of nitro benzene ring substituents is 1. The summed E-state index contributed by atoms with van der Waals surface area (Å²) in [4.78, 5) is 91.9. The Labute approximate surface area is 252 Å². The number of nitrogens with two attached hydrogens (primary N) is 1. The molecule has 1 saturated heterocycles. The first-order valence-corrected chi connectivity index (χ1v) is 14.2. The summed E-state index contributed by atoms with van der Waals surface area (Å²) in [7, 11) is 0. The van der Waals surface area contributed by atoms with Gasteiger partial charge in [0.2, 0.25) is 17.7 Å². The van der Waals surface area contributed by atoms with Gasteiger partial charge in [-0.3, -0.25) is 38.9 Å². The van der Waals surface area contributed by atoms with Crippen molar-refractivity contribution in [2.45, 2.75) is 63.2 Å². The highest BCUT2D eigenvalue weighted by molar-refractivity contribution is 6.20. The van der Waals surface area contributed by atoms with Crippen LogP contribution in [0.4, 0.5) is 11.4 Å². The molecule has 0 spiro atoms. The molecule has 2 fully saturated rings. The van der Waals surface area contributed by atoms with E-state index in [-0.39, 0.29) is 49.4 Å². The molecule has 14 nitrogen and oxygen atoms in total. The van der Waals surface area contributed by atoms with Crippen molar-refractivity contribution < 1.29 is 33.7 Å². The second-order valence-electron chi connectivity index (χ2n) is 11.0. The minimum absolute atomic E-state index is 0.0108. The number of hydrogen-bond acceptors (Lipinski definition) is 9. The van der Waals surface area contributed by atoms with Gasteiger partial charge >= 0.3 is 0 Å². The van der Waals surface area contributed by atoms with Gasteiger partial charge in [-0.15, -0.1) is 0 Å². The number of Topliss-reactive ketones (excluding diaryl/α,β-unsaturated/α-hetero) is 2. The van der Waals surface area contributed by atoms with Crippen molar-refractivity contribution in [1.82, 2.24) is 15.5 Å². The molecule has 2 aromatic rings. The minimum atomic E-state index is -2.21. The number of nitrogens with one attached hydrogen (secondary N) is 3. The van der Waals surface area contributed by atoms with Crippen molar-refractivity contribution in [3.8, 4) is 0 Å². The molecule has 0 radical (unpaired) electrons. The molecule has 1 unspecified atom stereocenters. The van der Waals surface area contributed by atoms with Crippen LogP contribution in [0.3, 0.4) is 0 Å². The number of carbonyl (C=O) groups is 6. The molecule has 5 atom stereocenters. The summed E-state index contributed by atoms with van der Waals surface area (Å²) < 4.78 is 0. The number of benzene rings is 2. The van der Waals surface area contributed by atoms with Crippen LogP contribution >= 0.6 is 0 Å². The third-order valence-electron chi connectivity index (χ3n) is 7.99. The smallest absolute Gasteiger partial charge is 0.269 e. The van der Waals surface area contributed by atoms with Gasteiger partial charge in [0.15, 0.2) is 11.3 Å². The number of amides is 4. The Morgan fingerprint density at radius 1 is 1.00 bits per heavy atom. The molecule has 2 aromatic carbocycles. The van der Waals surface area contributed by atoms with Gasteiger partial charge in [-0.25, -0.2) is 0 Å². The first-order chi connectivity index (χ1) is 20.9. The maximum atomic E-state index is 14.3. The molecule has 1 aliphatic heterocycles. The van der Waals surface area contributed by atoms with E-state index in [1.54, 1.807) is 30.3 Å². The predicted octanol–water partition coefficient (Wildman–Crippen LogP) is 0.632. The highest BCUT2D eigenvalue weighted by Gasteiger charge is 2.65. The molecule has 4 amide bonds. The first-order valence-electron chi connectivity index (χ1n) is 14.2. The molecule has 4 rings (SSSR count). The van der Waals surface area contributed by atoms with Gasteiger partial charge in [0.1, 0.15) is 17.9 Å². The number of fused-ring (bicyclic) bond motifs is 1. The second-order valence-corrected chi connectivity index (χ2v) is 11.0. The summed E-state index contributed by atoms with van der Waals surface area (Å²) in [5.74, 6) is -5.13. The largest absolute Gasteiger partial charge is 0.343 e. The lowest BCUT2D eigenvalue weighted by Gasteiger charge is -2.42. The predicted molar refractivity (Wildman–Crippen MR) is 157 cm³/mol. The van der Waals surface area contributed by atoms with Crippen molar-refractivity contribution in [3.63, 3.8) is 0 Å². The van der Waals surface area contributed by atoms with Gasteiger partial charge in [-0.2, -0.15) is 0 Å². The maximum Gasteiger partial charge on any atom is 0.269 e. The average Bonchev–Trinajstić information content (AvgIpc) is 3.42. The van der Waals surface area contributed by atoms with Gasteiger partial charge in [0, 0.05) is 43.6 Å². The normalized spacial score (nSPS) is 21.4. The number of ketones is 2. The van der Waals surface area contributed by atoms with Crippen LogP contribution in [0.2, 0.25) is 0 Å². The lowest BCUT2D eigenvalue weighted by molar-refractivity contribution is -0.384. The topological polar surface area (TPSA) is 211 Å². The molecule has 1 aliphatic carbocycles. The van der Waals surface area contributed by atoms with Gasteiger partial charge in [-0.1, -0.05) is 30.3 Å². The van der Waals surface area contributed by atoms with Crippen LogP contribution in [0.1, 0.15) is 38.7 Å². The molecule has 0 aromatic heterocycles. The van der Waals surface area contributed by atoms with Crippen LogP contribution in [0.25, 0.3) is 0 Å². The van der Waals surface area contributed by atoms with Crippen molar-refractivity contribution in [2.75, 3.05) is 11.9 Å². The molecule has 232 valence electrons. The van der Waals surface area contributed by atoms with E-state index in [4.69, 9.17) is 5.73 Å². The molecule has 0 bridgehead atoms.